The second-order valence-electron chi connectivity index (χ2n) is 5.19. The van der Waals surface area contributed by atoms with E-state index in [1.807, 2.05) is 25.1 Å². The second kappa shape index (κ2) is 6.39. The Morgan fingerprint density at radius 2 is 2.05 bits per heavy atom. The minimum atomic E-state index is -0.580. The van der Waals surface area contributed by atoms with Gasteiger partial charge in [-0.05, 0) is 31.4 Å². The van der Waals surface area contributed by atoms with Crippen molar-refractivity contribution in [1.29, 1.82) is 0 Å². The van der Waals surface area contributed by atoms with Gasteiger partial charge in [0.2, 0.25) is 17.7 Å². The van der Waals surface area contributed by atoms with Gasteiger partial charge in [-0.3, -0.25) is 14.4 Å². The van der Waals surface area contributed by atoms with E-state index < -0.39 is 11.9 Å². The molecule has 1 atom stereocenters. The average Bonchev–Trinajstić information content (AvgIpc) is 2.91. The summed E-state index contributed by atoms with van der Waals surface area (Å²) in [6.45, 7) is 2.35. The maximum absolute atomic E-state index is 12.1. The predicted molar refractivity (Wildman–Crippen MR) is 78.4 cm³/mol. The molecule has 1 aromatic carbocycles. The molecule has 0 saturated carbocycles. The first-order valence-corrected chi connectivity index (χ1v) is 6.93. The van der Waals surface area contributed by atoms with Crippen LogP contribution in [0.5, 0.6) is 0 Å². The number of carbonyl (C=O) groups excluding carboxylic acids is 3. The SMILES string of the molecule is Cc1ccccc1NC(=O)CC(=O)N1CCC[C@H]1C(N)=O. The van der Waals surface area contributed by atoms with E-state index in [1.54, 1.807) is 6.07 Å². The van der Waals surface area contributed by atoms with Gasteiger partial charge in [0.1, 0.15) is 12.5 Å². The van der Waals surface area contributed by atoms with Crippen molar-refractivity contribution in [2.45, 2.75) is 32.2 Å². The van der Waals surface area contributed by atoms with Crippen molar-refractivity contribution in [3.63, 3.8) is 0 Å². The molecule has 0 spiro atoms. The largest absolute Gasteiger partial charge is 0.368 e. The third-order valence-electron chi connectivity index (χ3n) is 3.63. The van der Waals surface area contributed by atoms with Crippen LogP contribution >= 0.6 is 0 Å². The molecule has 0 aromatic heterocycles. The van der Waals surface area contributed by atoms with Crippen molar-refractivity contribution < 1.29 is 14.4 Å². The van der Waals surface area contributed by atoms with Crippen molar-refractivity contribution in [1.82, 2.24) is 4.90 Å². The molecule has 21 heavy (non-hydrogen) atoms. The van der Waals surface area contributed by atoms with Crippen molar-refractivity contribution >= 4 is 23.4 Å². The number of rotatable bonds is 4. The van der Waals surface area contributed by atoms with Crippen LogP contribution in [0.4, 0.5) is 5.69 Å². The summed E-state index contributed by atoms with van der Waals surface area (Å²) in [5.41, 5.74) is 6.88. The van der Waals surface area contributed by atoms with Gasteiger partial charge in [-0.25, -0.2) is 0 Å². The van der Waals surface area contributed by atoms with Crippen LogP contribution < -0.4 is 11.1 Å². The van der Waals surface area contributed by atoms with Crippen LogP contribution in [0.15, 0.2) is 24.3 Å². The van der Waals surface area contributed by atoms with E-state index in [9.17, 15) is 14.4 Å². The maximum atomic E-state index is 12.1. The zero-order valence-corrected chi connectivity index (χ0v) is 12.0. The molecular weight excluding hydrogens is 270 g/mol. The first-order chi connectivity index (χ1) is 9.99. The molecule has 0 unspecified atom stereocenters. The van der Waals surface area contributed by atoms with Gasteiger partial charge in [-0.15, -0.1) is 0 Å². The van der Waals surface area contributed by atoms with Crippen LogP contribution in [0, 0.1) is 6.92 Å². The van der Waals surface area contributed by atoms with E-state index in [4.69, 9.17) is 5.73 Å². The zero-order chi connectivity index (χ0) is 15.4. The highest BCUT2D eigenvalue weighted by Crippen LogP contribution is 2.18. The number of likely N-dealkylation sites (tertiary alicyclic amines) is 1. The van der Waals surface area contributed by atoms with Crippen molar-refractivity contribution in [3.8, 4) is 0 Å². The lowest BCUT2D eigenvalue weighted by atomic mass is 10.2. The van der Waals surface area contributed by atoms with E-state index in [0.717, 1.165) is 12.0 Å². The number of nitrogens with two attached hydrogens (primary N) is 1. The molecule has 1 saturated heterocycles. The molecule has 3 N–H and O–H groups in total. The van der Waals surface area contributed by atoms with Gasteiger partial charge in [0.25, 0.3) is 0 Å². The van der Waals surface area contributed by atoms with Gasteiger partial charge in [-0.2, -0.15) is 0 Å². The monoisotopic (exact) mass is 289 g/mol. The normalized spacial score (nSPS) is 17.6. The molecule has 2 rings (SSSR count). The van der Waals surface area contributed by atoms with Gasteiger partial charge < -0.3 is 16.0 Å². The number of primary amides is 1. The van der Waals surface area contributed by atoms with Crippen LogP contribution in [-0.4, -0.2) is 35.2 Å². The van der Waals surface area contributed by atoms with Gasteiger partial charge >= 0.3 is 0 Å². The third-order valence-corrected chi connectivity index (χ3v) is 3.63. The van der Waals surface area contributed by atoms with Crippen LogP contribution in [0.25, 0.3) is 0 Å². The molecule has 1 aliphatic heterocycles. The number of benzene rings is 1. The number of nitrogens with one attached hydrogen (secondary N) is 1. The Labute approximate surface area is 123 Å². The molecule has 1 aromatic rings. The van der Waals surface area contributed by atoms with E-state index in [1.165, 1.54) is 4.90 Å². The highest BCUT2D eigenvalue weighted by atomic mass is 16.2. The minimum Gasteiger partial charge on any atom is -0.368 e. The smallest absolute Gasteiger partial charge is 0.240 e. The topological polar surface area (TPSA) is 92.5 Å². The Bertz CT molecular complexity index is 571. The van der Waals surface area contributed by atoms with E-state index in [2.05, 4.69) is 5.32 Å². The number of nitrogens with zero attached hydrogens (tertiary/aromatic N) is 1. The Kier molecular flexibility index (Phi) is 4.57. The minimum absolute atomic E-state index is 0.280. The number of carbonyl (C=O) groups is 3. The number of para-hydroxylation sites is 1. The zero-order valence-electron chi connectivity index (χ0n) is 12.0. The first kappa shape index (κ1) is 15.0. The fraction of sp³-hybridized carbons (Fsp3) is 0.400. The fourth-order valence-corrected chi connectivity index (χ4v) is 2.51. The van der Waals surface area contributed by atoms with Crippen LogP contribution in [0.2, 0.25) is 0 Å². The molecule has 1 heterocycles. The predicted octanol–water partition coefficient (Wildman–Crippen LogP) is 0.800. The highest BCUT2D eigenvalue weighted by Gasteiger charge is 2.33. The summed E-state index contributed by atoms with van der Waals surface area (Å²) in [6.07, 6.45) is 1.03. The number of amides is 3. The number of aryl methyl sites for hydroxylation is 1. The maximum Gasteiger partial charge on any atom is 0.240 e. The summed E-state index contributed by atoms with van der Waals surface area (Å²) in [5.74, 6) is -1.26. The van der Waals surface area contributed by atoms with E-state index in [0.29, 0.717) is 18.7 Å². The lowest BCUT2D eigenvalue weighted by Crippen LogP contribution is -2.44. The molecule has 1 fully saturated rings. The van der Waals surface area contributed by atoms with Gasteiger partial charge in [0, 0.05) is 12.2 Å². The quantitative estimate of drug-likeness (QED) is 0.803. The summed E-state index contributed by atoms with van der Waals surface area (Å²) in [5, 5.41) is 2.71. The standard InChI is InChI=1S/C15H19N3O3/c1-10-5-2-3-6-11(10)17-13(19)9-14(20)18-8-4-7-12(18)15(16)21/h2-3,5-6,12H,4,7-9H2,1H3,(H2,16,21)(H,17,19)/t12-/m0/s1. The molecule has 6 heteroatoms. The first-order valence-electron chi connectivity index (χ1n) is 6.93. The summed E-state index contributed by atoms with van der Waals surface area (Å²) < 4.78 is 0. The second-order valence-corrected chi connectivity index (χ2v) is 5.19. The summed E-state index contributed by atoms with van der Waals surface area (Å²) >= 11 is 0. The number of hydrogen-bond donors (Lipinski definition) is 2. The molecule has 0 bridgehead atoms. The Balaban J connectivity index is 1.95. The van der Waals surface area contributed by atoms with Crippen molar-refractivity contribution in [2.75, 3.05) is 11.9 Å². The van der Waals surface area contributed by atoms with Crippen molar-refractivity contribution in [3.05, 3.63) is 29.8 Å². The van der Waals surface area contributed by atoms with Crippen LogP contribution in [0.3, 0.4) is 0 Å². The number of hydrogen-bond acceptors (Lipinski definition) is 3. The van der Waals surface area contributed by atoms with Crippen LogP contribution in [0.1, 0.15) is 24.8 Å². The van der Waals surface area contributed by atoms with Crippen molar-refractivity contribution in [2.24, 2.45) is 5.73 Å². The molecule has 1 aliphatic rings. The summed E-state index contributed by atoms with van der Waals surface area (Å²) in [4.78, 5) is 36.7. The fourth-order valence-electron chi connectivity index (χ4n) is 2.51. The molecule has 0 radical (unpaired) electrons. The average molecular weight is 289 g/mol. The molecule has 6 nitrogen and oxygen atoms in total. The Morgan fingerprint density at radius 3 is 2.71 bits per heavy atom. The van der Waals surface area contributed by atoms with E-state index >= 15 is 0 Å². The third kappa shape index (κ3) is 3.59. The summed E-state index contributed by atoms with van der Waals surface area (Å²) in [7, 11) is 0. The van der Waals surface area contributed by atoms with Gasteiger partial charge in [0.05, 0.1) is 0 Å². The lowest BCUT2D eigenvalue weighted by molar-refractivity contribution is -0.139. The molecule has 0 aliphatic carbocycles. The summed E-state index contributed by atoms with van der Waals surface area (Å²) in [6, 6.07) is 6.76. The molecule has 3 amide bonds. The van der Waals surface area contributed by atoms with Crippen LogP contribution in [-0.2, 0) is 14.4 Å². The Hall–Kier alpha value is -2.37. The molecule has 112 valence electrons. The van der Waals surface area contributed by atoms with E-state index in [-0.39, 0.29) is 18.2 Å². The highest BCUT2D eigenvalue weighted by molar-refractivity contribution is 6.04. The molecular formula is C15H19N3O3. The number of anilines is 1. The van der Waals surface area contributed by atoms with Gasteiger partial charge in [0.15, 0.2) is 0 Å². The Morgan fingerprint density at radius 1 is 1.33 bits per heavy atom. The van der Waals surface area contributed by atoms with Gasteiger partial charge in [-0.1, -0.05) is 18.2 Å². The lowest BCUT2D eigenvalue weighted by Gasteiger charge is -2.22.